The second kappa shape index (κ2) is 9.79. The third-order valence-electron chi connectivity index (χ3n) is 3.65. The van der Waals surface area contributed by atoms with Crippen molar-refractivity contribution in [2.45, 2.75) is 78.0 Å². The van der Waals surface area contributed by atoms with E-state index >= 15 is 0 Å². The van der Waals surface area contributed by atoms with Crippen molar-refractivity contribution in [3.05, 3.63) is 0 Å². The Labute approximate surface area is 133 Å². The fourth-order valence-electron chi connectivity index (χ4n) is 2.13. The van der Waals surface area contributed by atoms with Crippen LogP contribution in [0.2, 0.25) is 0 Å². The first-order valence-corrected chi connectivity index (χ1v) is 7.92. The highest BCUT2D eigenvalue weighted by Gasteiger charge is 2.25. The number of esters is 1. The normalized spacial score (nSPS) is 15.8. The first kappa shape index (κ1) is 20.9. The summed E-state index contributed by atoms with van der Waals surface area (Å²) in [5.74, 6) is -0.410. The summed E-state index contributed by atoms with van der Waals surface area (Å²) in [5, 5.41) is 22.1. The van der Waals surface area contributed by atoms with Gasteiger partial charge < -0.3 is 20.3 Å². The highest BCUT2D eigenvalue weighted by molar-refractivity contribution is 5.83. The van der Waals surface area contributed by atoms with E-state index in [-0.39, 0.29) is 18.4 Å². The van der Waals surface area contributed by atoms with Gasteiger partial charge in [-0.2, -0.15) is 0 Å². The number of nitrogens with one attached hydrogen (secondary N) is 1. The average molecular weight is 317 g/mol. The summed E-state index contributed by atoms with van der Waals surface area (Å²) in [6.07, 6.45) is 1.68. The molecule has 0 saturated heterocycles. The Balaban J connectivity index is 4.28. The van der Waals surface area contributed by atoms with Gasteiger partial charge in [0.2, 0.25) is 5.91 Å². The van der Waals surface area contributed by atoms with E-state index in [0.717, 1.165) is 12.8 Å². The molecule has 0 aliphatic carbocycles. The smallest absolute Gasteiger partial charge is 0.328 e. The molecule has 0 saturated carbocycles. The lowest BCUT2D eigenvalue weighted by Crippen LogP contribution is -2.41. The van der Waals surface area contributed by atoms with Gasteiger partial charge in [0.05, 0.1) is 18.3 Å². The Morgan fingerprint density at radius 3 is 2.18 bits per heavy atom. The van der Waals surface area contributed by atoms with Gasteiger partial charge in [-0.3, -0.25) is 4.79 Å². The molecule has 0 rings (SSSR count). The van der Waals surface area contributed by atoms with Crippen LogP contribution in [0.25, 0.3) is 0 Å². The lowest BCUT2D eigenvalue weighted by atomic mass is 9.91. The van der Waals surface area contributed by atoms with Gasteiger partial charge in [0.25, 0.3) is 0 Å². The number of carbonyl (C=O) groups excluding carboxylic acids is 2. The van der Waals surface area contributed by atoms with Crippen molar-refractivity contribution in [2.24, 2.45) is 5.92 Å². The van der Waals surface area contributed by atoms with Crippen LogP contribution in [0.15, 0.2) is 0 Å². The standard InChI is InChI=1S/C16H31NO5/c1-6-22-15(20)13(17-12(3)18)9-7-11(2)8-10-14(19)16(4,5)21/h11,13-14,19,21H,6-10H2,1-5H3,(H,17,18)/t11-,13?,14?/m0/s1. The van der Waals surface area contributed by atoms with E-state index in [2.05, 4.69) is 5.32 Å². The van der Waals surface area contributed by atoms with Gasteiger partial charge >= 0.3 is 5.97 Å². The van der Waals surface area contributed by atoms with Crippen LogP contribution in [0.4, 0.5) is 0 Å². The Morgan fingerprint density at radius 2 is 1.73 bits per heavy atom. The number of ether oxygens (including phenoxy) is 1. The third-order valence-corrected chi connectivity index (χ3v) is 3.65. The fraction of sp³-hybridized carbons (Fsp3) is 0.875. The minimum atomic E-state index is -1.11. The number of aliphatic hydroxyl groups is 2. The zero-order valence-corrected chi connectivity index (χ0v) is 14.4. The molecule has 0 radical (unpaired) electrons. The molecule has 6 heteroatoms. The number of rotatable bonds is 10. The van der Waals surface area contributed by atoms with E-state index < -0.39 is 23.7 Å². The van der Waals surface area contributed by atoms with Gasteiger partial charge in [0.15, 0.2) is 0 Å². The second-order valence-electron chi connectivity index (χ2n) is 6.43. The minimum absolute atomic E-state index is 0.261. The van der Waals surface area contributed by atoms with Crippen LogP contribution >= 0.6 is 0 Å². The molecule has 0 heterocycles. The molecule has 130 valence electrons. The van der Waals surface area contributed by atoms with Crippen LogP contribution in [0.5, 0.6) is 0 Å². The van der Waals surface area contributed by atoms with Crippen molar-refractivity contribution >= 4 is 11.9 Å². The first-order chi connectivity index (χ1) is 10.1. The summed E-state index contributed by atoms with van der Waals surface area (Å²) < 4.78 is 4.95. The largest absolute Gasteiger partial charge is 0.464 e. The molecule has 22 heavy (non-hydrogen) atoms. The molecule has 0 aliphatic rings. The highest BCUT2D eigenvalue weighted by Crippen LogP contribution is 2.20. The van der Waals surface area contributed by atoms with Crippen LogP contribution in [0.3, 0.4) is 0 Å². The maximum absolute atomic E-state index is 11.8. The van der Waals surface area contributed by atoms with Crippen molar-refractivity contribution in [2.75, 3.05) is 6.61 Å². The van der Waals surface area contributed by atoms with Gasteiger partial charge in [-0.05, 0) is 52.4 Å². The lowest BCUT2D eigenvalue weighted by molar-refractivity contribution is -0.147. The Kier molecular flexibility index (Phi) is 9.28. The summed E-state index contributed by atoms with van der Waals surface area (Å²) >= 11 is 0. The molecule has 0 bridgehead atoms. The summed E-state index contributed by atoms with van der Waals surface area (Å²) in [6.45, 7) is 8.56. The van der Waals surface area contributed by atoms with Crippen LogP contribution in [0, 0.1) is 5.92 Å². The molecule has 0 aromatic heterocycles. The van der Waals surface area contributed by atoms with Crippen LogP contribution < -0.4 is 5.32 Å². The second-order valence-corrected chi connectivity index (χ2v) is 6.43. The molecule has 6 nitrogen and oxygen atoms in total. The van der Waals surface area contributed by atoms with E-state index in [9.17, 15) is 19.8 Å². The molecular formula is C16H31NO5. The van der Waals surface area contributed by atoms with E-state index in [4.69, 9.17) is 4.74 Å². The van der Waals surface area contributed by atoms with Gasteiger partial charge in [-0.15, -0.1) is 0 Å². The predicted molar refractivity (Wildman–Crippen MR) is 84.2 cm³/mol. The number of hydrogen-bond donors (Lipinski definition) is 3. The molecule has 3 N–H and O–H groups in total. The fourth-order valence-corrected chi connectivity index (χ4v) is 2.13. The number of amides is 1. The van der Waals surface area contributed by atoms with Crippen LogP contribution in [-0.2, 0) is 14.3 Å². The Bertz CT molecular complexity index is 351. The summed E-state index contributed by atoms with van der Waals surface area (Å²) in [6, 6.07) is -0.626. The lowest BCUT2D eigenvalue weighted by Gasteiger charge is -2.26. The van der Waals surface area contributed by atoms with Gasteiger partial charge in [0.1, 0.15) is 6.04 Å². The average Bonchev–Trinajstić information content (AvgIpc) is 2.39. The third kappa shape index (κ3) is 9.00. The van der Waals surface area contributed by atoms with Crippen molar-refractivity contribution < 1.29 is 24.5 Å². The summed E-state index contributed by atoms with van der Waals surface area (Å²) in [7, 11) is 0. The van der Waals surface area contributed by atoms with Crippen molar-refractivity contribution in [1.29, 1.82) is 0 Å². The van der Waals surface area contributed by atoms with Gasteiger partial charge in [0, 0.05) is 6.92 Å². The topological polar surface area (TPSA) is 95.9 Å². The van der Waals surface area contributed by atoms with Crippen molar-refractivity contribution in [3.63, 3.8) is 0 Å². The maximum Gasteiger partial charge on any atom is 0.328 e. The molecule has 0 aromatic rings. The number of carbonyl (C=O) groups is 2. The van der Waals surface area contributed by atoms with Crippen molar-refractivity contribution in [3.8, 4) is 0 Å². The van der Waals surface area contributed by atoms with Crippen LogP contribution in [-0.4, -0.2) is 46.4 Å². The first-order valence-electron chi connectivity index (χ1n) is 7.92. The summed E-state index contributed by atoms with van der Waals surface area (Å²) in [5.41, 5.74) is -1.11. The summed E-state index contributed by atoms with van der Waals surface area (Å²) in [4.78, 5) is 22.9. The molecule has 0 spiro atoms. The van der Waals surface area contributed by atoms with Crippen LogP contribution in [0.1, 0.15) is 60.3 Å². The van der Waals surface area contributed by atoms with E-state index in [1.165, 1.54) is 6.92 Å². The number of aliphatic hydroxyl groups excluding tert-OH is 1. The molecular weight excluding hydrogens is 286 g/mol. The molecule has 0 aliphatic heterocycles. The molecule has 0 aromatic carbocycles. The minimum Gasteiger partial charge on any atom is -0.464 e. The Hall–Kier alpha value is -1.14. The van der Waals surface area contributed by atoms with E-state index in [0.29, 0.717) is 12.8 Å². The zero-order chi connectivity index (χ0) is 17.3. The van der Waals surface area contributed by atoms with Crippen molar-refractivity contribution in [1.82, 2.24) is 5.32 Å². The Morgan fingerprint density at radius 1 is 1.18 bits per heavy atom. The molecule has 2 unspecified atom stereocenters. The zero-order valence-electron chi connectivity index (χ0n) is 14.4. The highest BCUT2D eigenvalue weighted by atomic mass is 16.5. The number of hydrogen-bond acceptors (Lipinski definition) is 5. The van der Waals surface area contributed by atoms with Gasteiger partial charge in [-0.25, -0.2) is 4.79 Å². The monoisotopic (exact) mass is 317 g/mol. The van der Waals surface area contributed by atoms with E-state index in [1.54, 1.807) is 20.8 Å². The molecule has 1 amide bonds. The predicted octanol–water partition coefficient (Wildman–Crippen LogP) is 1.38. The van der Waals surface area contributed by atoms with E-state index in [1.807, 2.05) is 6.92 Å². The maximum atomic E-state index is 11.8. The van der Waals surface area contributed by atoms with Gasteiger partial charge in [-0.1, -0.05) is 6.92 Å². The quantitative estimate of drug-likeness (QED) is 0.529. The molecule has 0 fully saturated rings. The molecule has 3 atom stereocenters. The SMILES string of the molecule is CCOC(=O)C(CC[C@H](C)CCC(O)C(C)(C)O)NC(C)=O.